The van der Waals surface area contributed by atoms with Gasteiger partial charge in [-0.15, -0.1) is 0 Å². The quantitative estimate of drug-likeness (QED) is 0.460. The Kier molecular flexibility index (Phi) is 7.13. The molecular weight excluding hydrogens is 469 g/mol. The average Bonchev–Trinajstić information content (AvgIpc) is 3.30. The first-order valence-corrected chi connectivity index (χ1v) is 12.5. The number of amides is 1. The van der Waals surface area contributed by atoms with Gasteiger partial charge in [0.25, 0.3) is 5.91 Å². The Morgan fingerprint density at radius 2 is 2.00 bits per heavy atom. The minimum atomic E-state index is -0.499. The Hall–Kier alpha value is -2.81. The predicted octanol–water partition coefficient (Wildman–Crippen LogP) is 4.62. The van der Waals surface area contributed by atoms with Crippen LogP contribution in [-0.2, 0) is 4.74 Å². The molecule has 1 amide bonds. The maximum atomic E-state index is 14.3. The normalized spacial score (nSPS) is 21.7. The summed E-state index contributed by atoms with van der Waals surface area (Å²) < 4.78 is 19.7. The van der Waals surface area contributed by atoms with Gasteiger partial charge in [0.1, 0.15) is 5.82 Å². The van der Waals surface area contributed by atoms with Gasteiger partial charge in [-0.3, -0.25) is 4.79 Å². The Morgan fingerprint density at radius 1 is 1.17 bits per heavy atom. The Labute approximate surface area is 208 Å². The number of carbonyl (C=O) groups is 1. The molecule has 184 valence electrons. The lowest BCUT2D eigenvalue weighted by atomic mass is 9.97. The molecule has 1 aromatic heterocycles. The van der Waals surface area contributed by atoms with Gasteiger partial charge in [-0.25, -0.2) is 14.4 Å². The van der Waals surface area contributed by atoms with Crippen LogP contribution < -0.4 is 16.0 Å². The molecule has 5 rings (SSSR count). The highest BCUT2D eigenvalue weighted by Crippen LogP contribution is 2.28. The van der Waals surface area contributed by atoms with Gasteiger partial charge in [0, 0.05) is 48.5 Å². The van der Waals surface area contributed by atoms with Crippen LogP contribution in [0.1, 0.15) is 54.6 Å². The Morgan fingerprint density at radius 3 is 2.74 bits per heavy atom. The number of fused-ring (bicyclic) bond motifs is 1. The number of rotatable bonds is 6. The van der Waals surface area contributed by atoms with Gasteiger partial charge in [0.05, 0.1) is 16.6 Å². The number of nitrogens with zero attached hydrogens (tertiary/aromatic N) is 2. The molecule has 0 radical (unpaired) electrons. The van der Waals surface area contributed by atoms with Crippen molar-refractivity contribution in [2.75, 3.05) is 18.5 Å². The topological polar surface area (TPSA) is 88.2 Å². The summed E-state index contributed by atoms with van der Waals surface area (Å²) in [5.41, 5.74) is 1.85. The van der Waals surface area contributed by atoms with E-state index in [0.717, 1.165) is 44.3 Å². The van der Waals surface area contributed by atoms with Crippen LogP contribution in [0, 0.1) is 5.82 Å². The van der Waals surface area contributed by atoms with Crippen LogP contribution in [0.5, 0.6) is 0 Å². The van der Waals surface area contributed by atoms with Crippen molar-refractivity contribution in [1.82, 2.24) is 20.6 Å². The maximum absolute atomic E-state index is 14.3. The second kappa shape index (κ2) is 10.4. The molecule has 2 aliphatic rings. The molecule has 0 saturated carbocycles. The molecule has 7 nitrogen and oxygen atoms in total. The van der Waals surface area contributed by atoms with Crippen molar-refractivity contribution in [3.8, 4) is 0 Å². The van der Waals surface area contributed by atoms with Crippen LogP contribution in [0.2, 0.25) is 5.02 Å². The zero-order chi connectivity index (χ0) is 24.4. The number of ether oxygens (including phenoxy) is 1. The number of nitrogens with one attached hydrogen (secondary N) is 3. The molecular formula is C26H29ClFN5O2. The van der Waals surface area contributed by atoms with Gasteiger partial charge < -0.3 is 20.7 Å². The first kappa shape index (κ1) is 23.9. The summed E-state index contributed by atoms with van der Waals surface area (Å²) >= 11 is 5.90. The molecule has 3 heterocycles. The van der Waals surface area contributed by atoms with Crippen molar-refractivity contribution in [3.05, 3.63) is 64.6 Å². The first-order valence-electron chi connectivity index (χ1n) is 12.1. The lowest BCUT2D eigenvalue weighted by Gasteiger charge is -2.26. The molecule has 2 aliphatic heterocycles. The maximum Gasteiger partial charge on any atom is 0.251 e. The fourth-order valence-electron chi connectivity index (χ4n) is 4.83. The third-order valence-corrected chi connectivity index (χ3v) is 7.11. The summed E-state index contributed by atoms with van der Waals surface area (Å²) in [5.74, 6) is -0.201. The van der Waals surface area contributed by atoms with Crippen LogP contribution in [0.3, 0.4) is 0 Å². The average molecular weight is 498 g/mol. The van der Waals surface area contributed by atoms with Crippen molar-refractivity contribution < 1.29 is 13.9 Å². The summed E-state index contributed by atoms with van der Waals surface area (Å²) in [6, 6.07) is 10.3. The molecule has 3 atom stereocenters. The van der Waals surface area contributed by atoms with Crippen LogP contribution >= 0.6 is 11.6 Å². The molecule has 35 heavy (non-hydrogen) atoms. The number of hydrogen-bond donors (Lipinski definition) is 3. The zero-order valence-electron chi connectivity index (χ0n) is 19.6. The minimum Gasteiger partial charge on any atom is -0.381 e. The van der Waals surface area contributed by atoms with E-state index >= 15 is 0 Å². The van der Waals surface area contributed by atoms with E-state index in [4.69, 9.17) is 16.3 Å². The lowest BCUT2D eigenvalue weighted by molar-refractivity contribution is 0.0902. The molecule has 0 spiro atoms. The SMILES string of the molecule is C[C@@H]1CC[C@H]([C@@H](NC(=O)c2ccc3cnc(NC4CCOCC4)nc3c2)c2ccc(Cl)c(F)c2)N1. The molecule has 0 bridgehead atoms. The second-order valence-corrected chi connectivity index (χ2v) is 9.78. The monoisotopic (exact) mass is 497 g/mol. The number of halogens is 2. The first-order chi connectivity index (χ1) is 17.0. The van der Waals surface area contributed by atoms with Crippen molar-refractivity contribution in [2.45, 2.75) is 56.8 Å². The van der Waals surface area contributed by atoms with E-state index in [0.29, 0.717) is 28.6 Å². The van der Waals surface area contributed by atoms with Gasteiger partial charge in [0.15, 0.2) is 0 Å². The second-order valence-electron chi connectivity index (χ2n) is 9.37. The van der Waals surface area contributed by atoms with Gasteiger partial charge in [-0.05, 0) is 62.4 Å². The van der Waals surface area contributed by atoms with Gasteiger partial charge in [-0.1, -0.05) is 23.7 Å². The summed E-state index contributed by atoms with van der Waals surface area (Å²) in [5, 5.41) is 10.9. The molecule has 0 unspecified atom stereocenters. The third-order valence-electron chi connectivity index (χ3n) is 6.80. The van der Waals surface area contributed by atoms with E-state index in [1.807, 2.05) is 6.07 Å². The van der Waals surface area contributed by atoms with Crippen molar-refractivity contribution in [3.63, 3.8) is 0 Å². The summed E-state index contributed by atoms with van der Waals surface area (Å²) in [4.78, 5) is 22.4. The summed E-state index contributed by atoms with van der Waals surface area (Å²) in [6.07, 6.45) is 5.44. The van der Waals surface area contributed by atoms with E-state index in [-0.39, 0.29) is 23.0 Å². The number of benzene rings is 2. The van der Waals surface area contributed by atoms with Crippen molar-refractivity contribution in [2.24, 2.45) is 0 Å². The fourth-order valence-corrected chi connectivity index (χ4v) is 4.95. The van der Waals surface area contributed by atoms with Gasteiger partial charge in [0.2, 0.25) is 5.95 Å². The standard InChI is InChI=1S/C26H29ClFN5O2/c1-15-2-7-22(30-15)24(16-5-6-20(27)21(28)12-16)33-25(34)17-3-4-18-14-29-26(32-23(18)13-17)31-19-8-10-35-11-9-19/h3-6,12-15,19,22,24,30H,2,7-11H2,1H3,(H,33,34)(H,29,31,32)/t15-,22-,24+/m1/s1. The third kappa shape index (κ3) is 5.55. The molecule has 2 fully saturated rings. The molecule has 2 saturated heterocycles. The van der Waals surface area contributed by atoms with Crippen molar-refractivity contribution >= 4 is 34.4 Å². The molecule has 3 aromatic rings. The van der Waals surface area contributed by atoms with E-state index in [1.54, 1.807) is 24.4 Å². The van der Waals surface area contributed by atoms with E-state index in [9.17, 15) is 9.18 Å². The highest BCUT2D eigenvalue weighted by atomic mass is 35.5. The molecule has 3 N–H and O–H groups in total. The van der Waals surface area contributed by atoms with Crippen LogP contribution in [0.4, 0.5) is 10.3 Å². The highest BCUT2D eigenvalue weighted by Gasteiger charge is 2.31. The molecule has 9 heteroatoms. The Balaban J connectivity index is 1.38. The van der Waals surface area contributed by atoms with Crippen molar-refractivity contribution in [1.29, 1.82) is 0 Å². The van der Waals surface area contributed by atoms with Crippen LogP contribution in [-0.4, -0.2) is 47.2 Å². The minimum absolute atomic E-state index is 0.00687. The van der Waals surface area contributed by atoms with E-state index in [1.165, 1.54) is 12.1 Å². The Bertz CT molecular complexity index is 1220. The number of carbonyl (C=O) groups excluding carboxylic acids is 1. The lowest BCUT2D eigenvalue weighted by Crippen LogP contribution is -2.42. The number of aromatic nitrogens is 2. The molecule has 2 aromatic carbocycles. The van der Waals surface area contributed by atoms with E-state index < -0.39 is 11.9 Å². The van der Waals surface area contributed by atoms with Gasteiger partial charge >= 0.3 is 0 Å². The number of anilines is 1. The highest BCUT2D eigenvalue weighted by molar-refractivity contribution is 6.30. The molecule has 0 aliphatic carbocycles. The largest absolute Gasteiger partial charge is 0.381 e. The smallest absolute Gasteiger partial charge is 0.251 e. The fraction of sp³-hybridized carbons (Fsp3) is 0.423. The van der Waals surface area contributed by atoms with Crippen LogP contribution in [0.25, 0.3) is 10.9 Å². The van der Waals surface area contributed by atoms with Gasteiger partial charge in [-0.2, -0.15) is 0 Å². The number of hydrogen-bond acceptors (Lipinski definition) is 6. The summed E-state index contributed by atoms with van der Waals surface area (Å²) in [7, 11) is 0. The summed E-state index contributed by atoms with van der Waals surface area (Å²) in [6.45, 7) is 3.56. The predicted molar refractivity (Wildman–Crippen MR) is 134 cm³/mol. The van der Waals surface area contributed by atoms with E-state index in [2.05, 4.69) is 32.8 Å². The zero-order valence-corrected chi connectivity index (χ0v) is 20.3. The van der Waals surface area contributed by atoms with Crippen LogP contribution in [0.15, 0.2) is 42.6 Å².